The van der Waals surface area contributed by atoms with Crippen molar-refractivity contribution in [3.8, 4) is 5.75 Å². The highest BCUT2D eigenvalue weighted by Crippen LogP contribution is 2.29. The van der Waals surface area contributed by atoms with Crippen molar-refractivity contribution >= 4 is 23.4 Å². The van der Waals surface area contributed by atoms with E-state index in [9.17, 15) is 20.0 Å². The number of benzene rings is 1. The van der Waals surface area contributed by atoms with Crippen molar-refractivity contribution in [1.29, 1.82) is 0 Å². The number of rotatable bonds is 4. The van der Waals surface area contributed by atoms with Crippen LogP contribution in [0.3, 0.4) is 0 Å². The molecule has 0 radical (unpaired) electrons. The van der Waals surface area contributed by atoms with Gasteiger partial charge in [-0.3, -0.25) is 14.9 Å². The van der Waals surface area contributed by atoms with Crippen LogP contribution >= 0.6 is 11.8 Å². The number of carbonyl (C=O) groups is 1. The number of nitro groups is 1. The smallest absolute Gasteiger partial charge is 0.311 e. The first-order chi connectivity index (χ1) is 9.09. The van der Waals surface area contributed by atoms with E-state index in [4.69, 9.17) is 0 Å². The van der Waals surface area contributed by atoms with E-state index < -0.39 is 22.3 Å². The van der Waals surface area contributed by atoms with Crippen LogP contribution in [0.5, 0.6) is 5.75 Å². The maximum atomic E-state index is 11.9. The Morgan fingerprint density at radius 3 is 3.00 bits per heavy atom. The number of amides is 1. The Balaban J connectivity index is 2.06. The van der Waals surface area contributed by atoms with Crippen molar-refractivity contribution in [2.75, 3.05) is 18.1 Å². The highest BCUT2D eigenvalue weighted by atomic mass is 32.2. The SMILES string of the molecule is O=C(NCC1CCSC1)c1cccc([N+](=O)[O-])c1O. The van der Waals surface area contributed by atoms with Crippen molar-refractivity contribution < 1.29 is 14.8 Å². The summed E-state index contributed by atoms with van der Waals surface area (Å²) in [6.07, 6.45) is 1.06. The number of nitro benzene ring substituents is 1. The zero-order valence-electron chi connectivity index (χ0n) is 10.2. The highest BCUT2D eigenvalue weighted by Gasteiger charge is 2.22. The van der Waals surface area contributed by atoms with Crippen LogP contribution in [0.15, 0.2) is 18.2 Å². The molecule has 1 saturated heterocycles. The molecule has 0 bridgehead atoms. The topological polar surface area (TPSA) is 92.5 Å². The van der Waals surface area contributed by atoms with E-state index in [0.717, 1.165) is 17.9 Å². The molecule has 1 heterocycles. The minimum absolute atomic E-state index is 0.0557. The third-order valence-corrected chi connectivity index (χ3v) is 4.26. The first kappa shape index (κ1) is 13.7. The van der Waals surface area contributed by atoms with Crippen LogP contribution in [0.25, 0.3) is 0 Å². The molecule has 1 amide bonds. The third-order valence-electron chi connectivity index (χ3n) is 3.03. The van der Waals surface area contributed by atoms with Gasteiger partial charge in [0.05, 0.1) is 10.5 Å². The van der Waals surface area contributed by atoms with Gasteiger partial charge in [0, 0.05) is 12.6 Å². The summed E-state index contributed by atoms with van der Waals surface area (Å²) in [6.45, 7) is 0.536. The minimum atomic E-state index is -0.709. The number of phenols is 1. The van der Waals surface area contributed by atoms with Crippen molar-refractivity contribution in [3.63, 3.8) is 0 Å². The summed E-state index contributed by atoms with van der Waals surface area (Å²) in [5.41, 5.74) is -0.510. The number of para-hydroxylation sites is 1. The quantitative estimate of drug-likeness (QED) is 0.648. The summed E-state index contributed by atoms with van der Waals surface area (Å²) in [6, 6.07) is 3.93. The number of carbonyl (C=O) groups excluding carboxylic acids is 1. The molecule has 2 rings (SSSR count). The monoisotopic (exact) mass is 282 g/mol. The number of aromatic hydroxyl groups is 1. The predicted molar refractivity (Wildman–Crippen MR) is 72.5 cm³/mol. The van der Waals surface area contributed by atoms with Crippen LogP contribution in [-0.4, -0.2) is 34.0 Å². The van der Waals surface area contributed by atoms with E-state index in [0.29, 0.717) is 12.5 Å². The Kier molecular flexibility index (Phi) is 4.26. The van der Waals surface area contributed by atoms with Gasteiger partial charge in [-0.1, -0.05) is 6.07 Å². The minimum Gasteiger partial charge on any atom is -0.502 e. The first-order valence-electron chi connectivity index (χ1n) is 5.92. The molecule has 0 aliphatic carbocycles. The number of nitrogens with one attached hydrogen (secondary N) is 1. The summed E-state index contributed by atoms with van der Waals surface area (Å²) < 4.78 is 0. The molecule has 0 aromatic heterocycles. The molecule has 0 saturated carbocycles. The number of phenolic OH excluding ortho intramolecular Hbond substituents is 1. The van der Waals surface area contributed by atoms with Crippen LogP contribution in [0.1, 0.15) is 16.8 Å². The zero-order chi connectivity index (χ0) is 13.8. The van der Waals surface area contributed by atoms with Crippen LogP contribution in [0.2, 0.25) is 0 Å². The molecule has 1 aromatic carbocycles. The summed E-state index contributed by atoms with van der Waals surface area (Å²) in [5, 5.41) is 23.1. The molecule has 7 heteroatoms. The average molecular weight is 282 g/mol. The van der Waals surface area contributed by atoms with E-state index in [1.807, 2.05) is 11.8 Å². The molecule has 2 N–H and O–H groups in total. The van der Waals surface area contributed by atoms with Gasteiger partial charge in [-0.25, -0.2) is 0 Å². The van der Waals surface area contributed by atoms with E-state index in [1.54, 1.807) is 0 Å². The summed E-state index contributed by atoms with van der Waals surface area (Å²) in [5.74, 6) is 1.50. The van der Waals surface area contributed by atoms with Gasteiger partial charge in [0.1, 0.15) is 0 Å². The Morgan fingerprint density at radius 1 is 1.58 bits per heavy atom. The maximum Gasteiger partial charge on any atom is 0.311 e. The molecule has 1 atom stereocenters. The van der Waals surface area contributed by atoms with Crippen LogP contribution in [0.4, 0.5) is 5.69 Å². The van der Waals surface area contributed by atoms with Crippen LogP contribution in [-0.2, 0) is 0 Å². The van der Waals surface area contributed by atoms with Gasteiger partial charge >= 0.3 is 5.69 Å². The second-order valence-corrected chi connectivity index (χ2v) is 5.52. The highest BCUT2D eigenvalue weighted by molar-refractivity contribution is 7.99. The summed E-state index contributed by atoms with van der Waals surface area (Å²) in [7, 11) is 0. The largest absolute Gasteiger partial charge is 0.502 e. The molecular formula is C12H14N2O4S. The lowest BCUT2D eigenvalue weighted by Crippen LogP contribution is -2.29. The zero-order valence-corrected chi connectivity index (χ0v) is 11.0. The van der Waals surface area contributed by atoms with Crippen molar-refractivity contribution in [3.05, 3.63) is 33.9 Å². The fraction of sp³-hybridized carbons (Fsp3) is 0.417. The Labute approximate surface area is 114 Å². The lowest BCUT2D eigenvalue weighted by atomic mass is 10.1. The number of thioether (sulfide) groups is 1. The van der Waals surface area contributed by atoms with E-state index in [2.05, 4.69) is 5.32 Å². The second kappa shape index (κ2) is 5.92. The molecular weight excluding hydrogens is 268 g/mol. The van der Waals surface area contributed by atoms with Gasteiger partial charge < -0.3 is 10.4 Å². The van der Waals surface area contributed by atoms with Crippen molar-refractivity contribution in [1.82, 2.24) is 5.32 Å². The van der Waals surface area contributed by atoms with Crippen LogP contribution < -0.4 is 5.32 Å². The Hall–Kier alpha value is -1.76. The number of hydrogen-bond donors (Lipinski definition) is 2. The third kappa shape index (κ3) is 3.17. The molecule has 0 spiro atoms. The van der Waals surface area contributed by atoms with Crippen molar-refractivity contribution in [2.24, 2.45) is 5.92 Å². The summed E-state index contributed by atoms with van der Waals surface area (Å²) in [4.78, 5) is 21.9. The van der Waals surface area contributed by atoms with E-state index in [1.165, 1.54) is 18.2 Å². The molecule has 1 aliphatic heterocycles. The normalized spacial score (nSPS) is 18.2. The van der Waals surface area contributed by atoms with Gasteiger partial charge in [-0.05, 0) is 29.9 Å². The second-order valence-electron chi connectivity index (χ2n) is 4.37. The van der Waals surface area contributed by atoms with Gasteiger partial charge in [0.25, 0.3) is 5.91 Å². The van der Waals surface area contributed by atoms with Gasteiger partial charge in [0.15, 0.2) is 0 Å². The fourth-order valence-electron chi connectivity index (χ4n) is 1.94. The lowest BCUT2D eigenvalue weighted by Gasteiger charge is -2.10. The molecule has 19 heavy (non-hydrogen) atoms. The standard InChI is InChI=1S/C12H14N2O4S/c15-11-9(2-1-3-10(11)14(17)18)12(16)13-6-8-4-5-19-7-8/h1-3,8,15H,4-7H2,(H,13,16). The maximum absolute atomic E-state index is 11.9. The summed E-state index contributed by atoms with van der Waals surface area (Å²) >= 11 is 1.85. The number of nitrogens with zero attached hydrogens (tertiary/aromatic N) is 1. The van der Waals surface area contributed by atoms with E-state index in [-0.39, 0.29) is 5.56 Å². The molecule has 1 unspecified atom stereocenters. The number of hydrogen-bond acceptors (Lipinski definition) is 5. The average Bonchev–Trinajstić information content (AvgIpc) is 2.89. The Morgan fingerprint density at radius 2 is 2.37 bits per heavy atom. The molecule has 102 valence electrons. The van der Waals surface area contributed by atoms with Gasteiger partial charge in [-0.2, -0.15) is 11.8 Å². The molecule has 6 nitrogen and oxygen atoms in total. The molecule has 1 aliphatic rings. The van der Waals surface area contributed by atoms with Gasteiger partial charge in [0.2, 0.25) is 5.75 Å². The Bertz CT molecular complexity index is 501. The van der Waals surface area contributed by atoms with Gasteiger partial charge in [-0.15, -0.1) is 0 Å². The first-order valence-corrected chi connectivity index (χ1v) is 7.07. The van der Waals surface area contributed by atoms with Crippen LogP contribution in [0, 0.1) is 16.0 Å². The fourth-order valence-corrected chi connectivity index (χ4v) is 3.22. The predicted octanol–water partition coefficient (Wildman–Crippen LogP) is 1.78. The molecule has 1 fully saturated rings. The molecule has 1 aromatic rings. The lowest BCUT2D eigenvalue weighted by molar-refractivity contribution is -0.385. The van der Waals surface area contributed by atoms with E-state index >= 15 is 0 Å². The van der Waals surface area contributed by atoms with Crippen molar-refractivity contribution in [2.45, 2.75) is 6.42 Å².